The summed E-state index contributed by atoms with van der Waals surface area (Å²) in [6.07, 6.45) is 1.86. The SMILES string of the molecule is Cc1nc(SCC(=O)N(CCC#N)Cc2ccco2)c2cc(-c3ccccc3)sc2n1. The molecule has 3 heterocycles. The van der Waals surface area contributed by atoms with E-state index < -0.39 is 0 Å². The second kappa shape index (κ2) is 9.77. The topological polar surface area (TPSA) is 83.0 Å². The first-order valence-corrected chi connectivity index (χ1v) is 11.6. The van der Waals surface area contributed by atoms with E-state index in [-0.39, 0.29) is 18.1 Å². The van der Waals surface area contributed by atoms with E-state index in [0.29, 0.717) is 24.7 Å². The molecule has 0 atom stereocenters. The lowest BCUT2D eigenvalue weighted by Crippen LogP contribution is -2.32. The number of fused-ring (bicyclic) bond motifs is 1. The minimum absolute atomic E-state index is 0.0559. The van der Waals surface area contributed by atoms with Gasteiger partial charge in [-0.3, -0.25) is 4.79 Å². The molecule has 8 heteroatoms. The fraction of sp³-hybridized carbons (Fsp3) is 0.217. The second-order valence-corrected chi connectivity index (χ2v) is 8.86. The highest BCUT2D eigenvalue weighted by Crippen LogP contribution is 2.36. The van der Waals surface area contributed by atoms with Crippen LogP contribution in [0.15, 0.2) is 64.2 Å². The summed E-state index contributed by atoms with van der Waals surface area (Å²) in [5, 5.41) is 10.7. The van der Waals surface area contributed by atoms with Gasteiger partial charge < -0.3 is 9.32 Å². The highest BCUT2D eigenvalue weighted by Gasteiger charge is 2.18. The van der Waals surface area contributed by atoms with E-state index in [1.54, 1.807) is 28.6 Å². The Bertz CT molecular complexity index is 1210. The lowest BCUT2D eigenvalue weighted by molar-refractivity contribution is -0.129. The van der Waals surface area contributed by atoms with E-state index in [9.17, 15) is 4.79 Å². The van der Waals surface area contributed by atoms with Gasteiger partial charge in [0.1, 0.15) is 21.4 Å². The lowest BCUT2D eigenvalue weighted by atomic mass is 10.2. The van der Waals surface area contributed by atoms with Gasteiger partial charge in [-0.05, 0) is 30.7 Å². The van der Waals surface area contributed by atoms with Gasteiger partial charge in [0.25, 0.3) is 0 Å². The molecule has 0 bridgehead atoms. The van der Waals surface area contributed by atoms with Gasteiger partial charge in [-0.2, -0.15) is 5.26 Å². The van der Waals surface area contributed by atoms with E-state index in [2.05, 4.69) is 34.2 Å². The number of nitriles is 1. The molecule has 0 aliphatic rings. The number of hydrogen-bond donors (Lipinski definition) is 0. The zero-order valence-electron chi connectivity index (χ0n) is 16.9. The summed E-state index contributed by atoms with van der Waals surface area (Å²) in [4.78, 5) is 25.8. The number of carbonyl (C=O) groups is 1. The Balaban J connectivity index is 1.53. The van der Waals surface area contributed by atoms with Gasteiger partial charge in [0.05, 0.1) is 31.1 Å². The maximum Gasteiger partial charge on any atom is 0.233 e. The summed E-state index contributed by atoms with van der Waals surface area (Å²) >= 11 is 3.03. The third-order valence-corrected chi connectivity index (χ3v) is 6.69. The first-order valence-electron chi connectivity index (χ1n) is 9.77. The van der Waals surface area contributed by atoms with Crippen molar-refractivity contribution in [2.24, 2.45) is 0 Å². The summed E-state index contributed by atoms with van der Waals surface area (Å²) in [5.74, 6) is 1.55. The first-order chi connectivity index (χ1) is 15.1. The molecule has 1 aromatic carbocycles. The summed E-state index contributed by atoms with van der Waals surface area (Å²) < 4.78 is 5.37. The van der Waals surface area contributed by atoms with Crippen LogP contribution in [0.4, 0.5) is 0 Å². The van der Waals surface area contributed by atoms with Crippen LogP contribution in [0.2, 0.25) is 0 Å². The van der Waals surface area contributed by atoms with Gasteiger partial charge in [-0.15, -0.1) is 11.3 Å². The molecule has 31 heavy (non-hydrogen) atoms. The third kappa shape index (κ3) is 5.13. The van der Waals surface area contributed by atoms with Crippen molar-refractivity contribution < 1.29 is 9.21 Å². The lowest BCUT2D eigenvalue weighted by Gasteiger charge is -2.20. The fourth-order valence-electron chi connectivity index (χ4n) is 3.14. The monoisotopic (exact) mass is 448 g/mol. The molecule has 0 saturated carbocycles. The van der Waals surface area contributed by atoms with E-state index in [4.69, 9.17) is 9.68 Å². The number of rotatable bonds is 8. The minimum atomic E-state index is -0.0559. The number of furan rings is 1. The molecule has 0 N–H and O–H groups in total. The molecule has 0 saturated heterocycles. The van der Waals surface area contributed by atoms with E-state index >= 15 is 0 Å². The van der Waals surface area contributed by atoms with Crippen molar-refractivity contribution in [2.75, 3.05) is 12.3 Å². The van der Waals surface area contributed by atoms with Crippen molar-refractivity contribution in [1.82, 2.24) is 14.9 Å². The summed E-state index contributed by atoms with van der Waals surface area (Å²) in [6, 6.07) is 18.0. The number of benzene rings is 1. The quantitative estimate of drug-likeness (QED) is 0.269. The summed E-state index contributed by atoms with van der Waals surface area (Å²) in [7, 11) is 0. The van der Waals surface area contributed by atoms with Crippen molar-refractivity contribution in [3.63, 3.8) is 0 Å². The normalized spacial score (nSPS) is 10.8. The Hall–Kier alpha value is -3.15. The third-order valence-electron chi connectivity index (χ3n) is 4.63. The molecule has 1 amide bonds. The number of thiophene rings is 1. The van der Waals surface area contributed by atoms with Crippen molar-refractivity contribution in [2.45, 2.75) is 24.9 Å². The van der Waals surface area contributed by atoms with Crippen LogP contribution in [0.25, 0.3) is 20.7 Å². The Labute approximate surface area is 188 Å². The number of carbonyl (C=O) groups excluding carboxylic acids is 1. The highest BCUT2D eigenvalue weighted by molar-refractivity contribution is 8.00. The maximum absolute atomic E-state index is 12.9. The first kappa shape index (κ1) is 21.1. The molecule has 0 unspecified atom stereocenters. The second-order valence-electron chi connectivity index (χ2n) is 6.86. The van der Waals surface area contributed by atoms with Crippen LogP contribution >= 0.6 is 23.1 Å². The van der Waals surface area contributed by atoms with Crippen LogP contribution in [-0.4, -0.2) is 33.1 Å². The number of amides is 1. The van der Waals surface area contributed by atoms with E-state index in [0.717, 1.165) is 25.7 Å². The Kier molecular flexibility index (Phi) is 6.65. The van der Waals surface area contributed by atoms with Gasteiger partial charge in [0.2, 0.25) is 5.91 Å². The average molecular weight is 449 g/mol. The largest absolute Gasteiger partial charge is 0.467 e. The Morgan fingerprint density at radius 1 is 1.23 bits per heavy atom. The van der Waals surface area contributed by atoms with Crippen molar-refractivity contribution in [3.05, 3.63) is 66.4 Å². The van der Waals surface area contributed by atoms with Crippen molar-refractivity contribution >= 4 is 39.2 Å². The molecular formula is C23H20N4O2S2. The number of nitrogens with zero attached hydrogens (tertiary/aromatic N) is 4. The van der Waals surface area contributed by atoms with Gasteiger partial charge >= 0.3 is 0 Å². The van der Waals surface area contributed by atoms with Crippen LogP contribution in [0.3, 0.4) is 0 Å². The molecule has 6 nitrogen and oxygen atoms in total. The molecule has 4 aromatic rings. The van der Waals surface area contributed by atoms with E-state index in [1.807, 2.05) is 31.2 Å². The van der Waals surface area contributed by atoms with Gasteiger partial charge in [0, 0.05) is 16.8 Å². The van der Waals surface area contributed by atoms with Gasteiger partial charge in [0.15, 0.2) is 0 Å². The molecule has 0 fully saturated rings. The molecular weight excluding hydrogens is 428 g/mol. The fourth-order valence-corrected chi connectivity index (χ4v) is 5.24. The van der Waals surface area contributed by atoms with Crippen molar-refractivity contribution in [3.8, 4) is 16.5 Å². The highest BCUT2D eigenvalue weighted by atomic mass is 32.2. The molecule has 3 aromatic heterocycles. The predicted octanol–water partition coefficient (Wildman–Crippen LogP) is 5.29. The zero-order chi connectivity index (χ0) is 21.6. The number of aryl methyl sites for hydroxylation is 1. The molecule has 0 radical (unpaired) electrons. The molecule has 0 aliphatic carbocycles. The van der Waals surface area contributed by atoms with Crippen LogP contribution < -0.4 is 0 Å². The summed E-state index contributed by atoms with van der Waals surface area (Å²) in [6.45, 7) is 2.58. The molecule has 156 valence electrons. The average Bonchev–Trinajstić information content (AvgIpc) is 3.45. The molecule has 0 aliphatic heterocycles. The number of aromatic nitrogens is 2. The minimum Gasteiger partial charge on any atom is -0.467 e. The molecule has 4 rings (SSSR count). The maximum atomic E-state index is 12.9. The summed E-state index contributed by atoms with van der Waals surface area (Å²) in [5.41, 5.74) is 1.14. The Morgan fingerprint density at radius 2 is 2.06 bits per heavy atom. The standard InChI is InChI=1S/C23H20N4O2S2/c1-16-25-22(19-13-20(31-23(19)26-16)17-7-3-2-4-8-17)30-15-21(28)27(11-6-10-24)14-18-9-5-12-29-18/h2-5,7-9,12-13H,6,11,14-15H2,1H3. The molecule has 0 spiro atoms. The van der Waals surface area contributed by atoms with E-state index in [1.165, 1.54) is 11.8 Å². The predicted molar refractivity (Wildman–Crippen MR) is 123 cm³/mol. The van der Waals surface area contributed by atoms with Gasteiger partial charge in [-0.25, -0.2) is 9.97 Å². The smallest absolute Gasteiger partial charge is 0.233 e. The van der Waals surface area contributed by atoms with Crippen LogP contribution in [-0.2, 0) is 11.3 Å². The van der Waals surface area contributed by atoms with Crippen LogP contribution in [0.1, 0.15) is 18.0 Å². The van der Waals surface area contributed by atoms with Crippen LogP contribution in [0, 0.1) is 18.3 Å². The zero-order valence-corrected chi connectivity index (χ0v) is 18.6. The number of hydrogen-bond acceptors (Lipinski definition) is 7. The van der Waals surface area contributed by atoms with Gasteiger partial charge in [-0.1, -0.05) is 42.1 Å². The van der Waals surface area contributed by atoms with Crippen LogP contribution in [0.5, 0.6) is 0 Å². The number of thioether (sulfide) groups is 1. The van der Waals surface area contributed by atoms with Crippen molar-refractivity contribution in [1.29, 1.82) is 5.26 Å². The Morgan fingerprint density at radius 3 is 2.81 bits per heavy atom.